The molecule has 0 radical (unpaired) electrons. The van der Waals surface area contributed by atoms with Gasteiger partial charge >= 0.3 is 5.97 Å². The Morgan fingerprint density at radius 2 is 1.73 bits per heavy atom. The molecular weight excluding hydrogens is 493 g/mol. The van der Waals surface area contributed by atoms with Crippen LogP contribution in [-0.4, -0.2) is 52.1 Å². The number of ether oxygens (including phenoxy) is 1. The van der Waals surface area contributed by atoms with E-state index in [1.54, 1.807) is 25.1 Å². The van der Waals surface area contributed by atoms with Gasteiger partial charge in [0.2, 0.25) is 0 Å². The number of hydrogen-bond donors (Lipinski definition) is 0. The number of esters is 1. The standard InChI is InChI=1S/C22H23Cl2NO7S/c1-4-31-20(26)12-11-19(32-33(3,29)30)22(28)25(2)18-10-9-14(23)13-16(18)21(27)15-7-5-6-8-17(15)24/h5-10,13,19H,4,11-12H2,1-3H3. The van der Waals surface area contributed by atoms with Crippen molar-refractivity contribution in [3.8, 4) is 0 Å². The average Bonchev–Trinajstić information content (AvgIpc) is 2.75. The number of hydrogen-bond acceptors (Lipinski definition) is 7. The van der Waals surface area contributed by atoms with Crippen LogP contribution in [0.15, 0.2) is 42.5 Å². The van der Waals surface area contributed by atoms with Crippen LogP contribution in [0.5, 0.6) is 0 Å². The lowest BCUT2D eigenvalue weighted by molar-refractivity contribution is -0.143. The summed E-state index contributed by atoms with van der Waals surface area (Å²) in [5, 5.41) is 0.469. The van der Waals surface area contributed by atoms with Crippen LogP contribution < -0.4 is 4.90 Å². The number of anilines is 1. The van der Waals surface area contributed by atoms with Crippen LogP contribution in [-0.2, 0) is 28.6 Å². The molecule has 0 N–H and O–H groups in total. The third-order valence-electron chi connectivity index (χ3n) is 4.50. The Labute approximate surface area is 202 Å². The molecule has 0 aliphatic carbocycles. The second-order valence-electron chi connectivity index (χ2n) is 7.00. The highest BCUT2D eigenvalue weighted by Gasteiger charge is 2.30. The van der Waals surface area contributed by atoms with Gasteiger partial charge in [0.15, 0.2) is 11.9 Å². The highest BCUT2D eigenvalue weighted by molar-refractivity contribution is 7.86. The Morgan fingerprint density at radius 1 is 1.06 bits per heavy atom. The highest BCUT2D eigenvalue weighted by atomic mass is 35.5. The van der Waals surface area contributed by atoms with Crippen molar-refractivity contribution in [3.05, 3.63) is 63.6 Å². The van der Waals surface area contributed by atoms with Crippen LogP contribution in [0.25, 0.3) is 0 Å². The molecule has 0 saturated carbocycles. The molecule has 33 heavy (non-hydrogen) atoms. The Hall–Kier alpha value is -2.46. The molecule has 0 aliphatic rings. The van der Waals surface area contributed by atoms with Gasteiger partial charge in [-0.25, -0.2) is 0 Å². The number of amides is 1. The predicted octanol–water partition coefficient (Wildman–Crippen LogP) is 3.88. The van der Waals surface area contributed by atoms with Gasteiger partial charge in [-0.1, -0.05) is 35.3 Å². The highest BCUT2D eigenvalue weighted by Crippen LogP contribution is 2.29. The molecule has 0 spiro atoms. The Morgan fingerprint density at radius 3 is 2.33 bits per heavy atom. The van der Waals surface area contributed by atoms with Crippen molar-refractivity contribution in [2.24, 2.45) is 0 Å². The van der Waals surface area contributed by atoms with E-state index >= 15 is 0 Å². The quantitative estimate of drug-likeness (QED) is 0.268. The van der Waals surface area contributed by atoms with Gasteiger partial charge in [-0.05, 0) is 43.7 Å². The van der Waals surface area contributed by atoms with E-state index in [9.17, 15) is 22.8 Å². The molecule has 0 fully saturated rings. The minimum Gasteiger partial charge on any atom is -0.466 e. The lowest BCUT2D eigenvalue weighted by atomic mass is 10.0. The van der Waals surface area contributed by atoms with Crippen LogP contribution in [0, 0.1) is 0 Å². The lowest BCUT2D eigenvalue weighted by Crippen LogP contribution is -2.40. The van der Waals surface area contributed by atoms with Crippen LogP contribution >= 0.6 is 23.2 Å². The predicted molar refractivity (Wildman–Crippen MR) is 125 cm³/mol. The minimum absolute atomic E-state index is 0.0787. The second kappa shape index (κ2) is 11.6. The third-order valence-corrected chi connectivity index (χ3v) is 5.64. The Kier molecular flexibility index (Phi) is 9.42. The summed E-state index contributed by atoms with van der Waals surface area (Å²) in [6.07, 6.45) is -1.18. The van der Waals surface area contributed by atoms with Crippen LogP contribution in [0.2, 0.25) is 10.0 Å². The number of rotatable bonds is 10. The van der Waals surface area contributed by atoms with Gasteiger partial charge in [-0.2, -0.15) is 8.42 Å². The molecule has 0 aliphatic heterocycles. The Balaban J connectivity index is 2.41. The number of nitrogens with zero attached hydrogens (tertiary/aromatic N) is 1. The number of carbonyl (C=O) groups is 3. The molecule has 0 saturated heterocycles. The number of benzene rings is 2. The van der Waals surface area contributed by atoms with Crippen LogP contribution in [0.4, 0.5) is 5.69 Å². The summed E-state index contributed by atoms with van der Waals surface area (Å²) >= 11 is 12.3. The smallest absolute Gasteiger partial charge is 0.305 e. The summed E-state index contributed by atoms with van der Waals surface area (Å²) in [7, 11) is -2.67. The van der Waals surface area contributed by atoms with E-state index < -0.39 is 33.9 Å². The molecular formula is C22H23Cl2NO7S. The fourth-order valence-corrected chi connectivity index (χ4v) is 4.01. The second-order valence-corrected chi connectivity index (χ2v) is 9.44. The zero-order valence-electron chi connectivity index (χ0n) is 18.2. The van der Waals surface area contributed by atoms with E-state index in [0.717, 1.165) is 11.2 Å². The van der Waals surface area contributed by atoms with Gasteiger partial charge in [0.25, 0.3) is 16.0 Å². The summed E-state index contributed by atoms with van der Waals surface area (Å²) in [6, 6.07) is 10.7. The zero-order chi connectivity index (χ0) is 24.8. The molecule has 1 amide bonds. The molecule has 11 heteroatoms. The topological polar surface area (TPSA) is 107 Å². The SMILES string of the molecule is CCOC(=O)CCC(OS(C)(=O)=O)C(=O)N(C)c1ccc(Cl)cc1C(=O)c1ccccc1Cl. The van der Waals surface area contributed by atoms with Gasteiger partial charge in [0.05, 0.1) is 23.6 Å². The number of halogens is 2. The van der Waals surface area contributed by atoms with Gasteiger partial charge in [0.1, 0.15) is 0 Å². The van der Waals surface area contributed by atoms with E-state index in [-0.39, 0.29) is 46.3 Å². The summed E-state index contributed by atoms with van der Waals surface area (Å²) in [5.41, 5.74) is 0.442. The maximum absolute atomic E-state index is 13.2. The first kappa shape index (κ1) is 26.8. The molecule has 1 atom stereocenters. The number of ketones is 1. The van der Waals surface area contributed by atoms with Crippen molar-refractivity contribution in [1.29, 1.82) is 0 Å². The first-order valence-electron chi connectivity index (χ1n) is 9.84. The lowest BCUT2D eigenvalue weighted by Gasteiger charge is -2.25. The van der Waals surface area contributed by atoms with Crippen molar-refractivity contribution < 1.29 is 31.7 Å². The fraction of sp³-hybridized carbons (Fsp3) is 0.318. The summed E-state index contributed by atoms with van der Waals surface area (Å²) < 4.78 is 33.2. The normalized spacial score (nSPS) is 12.2. The monoisotopic (exact) mass is 515 g/mol. The summed E-state index contributed by atoms with van der Waals surface area (Å²) in [4.78, 5) is 39.2. The molecule has 0 heterocycles. The average molecular weight is 516 g/mol. The molecule has 1 unspecified atom stereocenters. The molecule has 0 bridgehead atoms. The number of likely N-dealkylation sites (N-methyl/N-ethyl adjacent to an activating group) is 1. The van der Waals surface area contributed by atoms with Crippen molar-refractivity contribution in [2.75, 3.05) is 24.8 Å². The Bertz CT molecular complexity index is 1150. The van der Waals surface area contributed by atoms with Crippen LogP contribution in [0.3, 0.4) is 0 Å². The largest absolute Gasteiger partial charge is 0.466 e. The maximum Gasteiger partial charge on any atom is 0.305 e. The third kappa shape index (κ3) is 7.53. The molecule has 2 aromatic carbocycles. The van der Waals surface area contributed by atoms with Gasteiger partial charge < -0.3 is 9.64 Å². The van der Waals surface area contributed by atoms with E-state index in [2.05, 4.69) is 0 Å². The van der Waals surface area contributed by atoms with Crippen molar-refractivity contribution in [2.45, 2.75) is 25.9 Å². The summed E-state index contributed by atoms with van der Waals surface area (Å²) in [6.45, 7) is 1.77. The van der Waals surface area contributed by atoms with E-state index in [0.29, 0.717) is 0 Å². The van der Waals surface area contributed by atoms with Gasteiger partial charge in [-0.15, -0.1) is 0 Å². The maximum atomic E-state index is 13.2. The van der Waals surface area contributed by atoms with Crippen molar-refractivity contribution in [3.63, 3.8) is 0 Å². The molecule has 8 nitrogen and oxygen atoms in total. The van der Waals surface area contributed by atoms with Crippen molar-refractivity contribution >= 4 is 56.7 Å². The molecule has 2 rings (SSSR count). The van der Waals surface area contributed by atoms with E-state index in [4.69, 9.17) is 32.1 Å². The molecule has 178 valence electrons. The van der Waals surface area contributed by atoms with Gasteiger partial charge in [-0.3, -0.25) is 18.6 Å². The van der Waals surface area contributed by atoms with E-state index in [1.165, 1.54) is 31.3 Å². The zero-order valence-corrected chi connectivity index (χ0v) is 20.5. The summed E-state index contributed by atoms with van der Waals surface area (Å²) in [5.74, 6) is -1.86. The minimum atomic E-state index is -4.03. The molecule has 0 aromatic heterocycles. The number of carbonyl (C=O) groups excluding carboxylic acids is 3. The van der Waals surface area contributed by atoms with E-state index in [1.807, 2.05) is 0 Å². The van der Waals surface area contributed by atoms with Crippen LogP contribution in [0.1, 0.15) is 35.7 Å². The fourth-order valence-electron chi connectivity index (χ4n) is 3.01. The first-order chi connectivity index (χ1) is 15.4. The first-order valence-corrected chi connectivity index (χ1v) is 12.4. The molecule has 2 aromatic rings. The van der Waals surface area contributed by atoms with Gasteiger partial charge in [0, 0.05) is 29.6 Å². The van der Waals surface area contributed by atoms with Crippen molar-refractivity contribution in [1.82, 2.24) is 0 Å².